The summed E-state index contributed by atoms with van der Waals surface area (Å²) in [5, 5.41) is 0. The van der Waals surface area contributed by atoms with Crippen LogP contribution in [0.1, 0.15) is 16.8 Å². The fourth-order valence-corrected chi connectivity index (χ4v) is 0.968. The van der Waals surface area contributed by atoms with Crippen molar-refractivity contribution < 1.29 is 18.3 Å². The van der Waals surface area contributed by atoms with Gasteiger partial charge in [0.15, 0.2) is 0 Å². The summed E-state index contributed by atoms with van der Waals surface area (Å²) in [5.41, 5.74) is -0.686. The Morgan fingerprint density at radius 3 is 2.53 bits per heavy atom. The van der Waals surface area contributed by atoms with Gasteiger partial charge in [-0.2, -0.15) is 0 Å². The van der Waals surface area contributed by atoms with Crippen molar-refractivity contribution in [1.29, 1.82) is 0 Å². The summed E-state index contributed by atoms with van der Waals surface area (Å²) in [5.74, 6) is -0.689. The molecule has 1 aromatic carbocycles. The maximum absolute atomic E-state index is 13.0. The highest BCUT2D eigenvalue weighted by Crippen LogP contribution is 2.13. The van der Waals surface area contributed by atoms with Crippen LogP contribution >= 0.6 is 0 Å². The van der Waals surface area contributed by atoms with Crippen molar-refractivity contribution in [2.45, 2.75) is 6.42 Å². The topological polar surface area (TPSA) is 26.3 Å². The van der Waals surface area contributed by atoms with Gasteiger partial charge in [-0.1, -0.05) is 6.07 Å². The number of ether oxygens (including phenoxy) is 1. The molecule has 0 bridgehead atoms. The molecule has 15 heavy (non-hydrogen) atoms. The molecule has 0 radical (unpaired) electrons. The quantitative estimate of drug-likeness (QED) is 0.434. The third-order valence-corrected chi connectivity index (χ3v) is 1.65. The predicted octanol–water partition coefficient (Wildman–Crippen LogP) is 2.14. The highest BCUT2D eigenvalue weighted by molar-refractivity contribution is 5.89. The van der Waals surface area contributed by atoms with E-state index in [0.717, 1.165) is 12.1 Å². The number of benzene rings is 1. The fourth-order valence-electron chi connectivity index (χ4n) is 0.968. The van der Waals surface area contributed by atoms with Gasteiger partial charge in [-0.05, 0) is 12.1 Å². The zero-order valence-electron chi connectivity index (χ0n) is 7.80. The van der Waals surface area contributed by atoms with Crippen molar-refractivity contribution in [2.24, 2.45) is 0 Å². The summed E-state index contributed by atoms with van der Waals surface area (Å²) >= 11 is 0. The van der Waals surface area contributed by atoms with Gasteiger partial charge in [0, 0.05) is 6.42 Å². The first-order valence-corrected chi connectivity index (χ1v) is 4.21. The first-order valence-electron chi connectivity index (χ1n) is 4.21. The molecule has 0 N–H and O–H groups in total. The number of hydrogen-bond donors (Lipinski definition) is 0. The third-order valence-electron chi connectivity index (χ3n) is 1.65. The number of esters is 1. The molecule has 0 amide bonds. The summed E-state index contributed by atoms with van der Waals surface area (Å²) in [7, 11) is 0. The summed E-state index contributed by atoms with van der Waals surface area (Å²) < 4.78 is 30.6. The second-order valence-electron chi connectivity index (χ2n) is 2.69. The maximum Gasteiger partial charge on any atom is 0.344 e. The second-order valence-corrected chi connectivity index (χ2v) is 2.69. The van der Waals surface area contributed by atoms with Crippen molar-refractivity contribution in [3.63, 3.8) is 0 Å². The summed E-state index contributed by atoms with van der Waals surface area (Å²) in [6.07, 6.45) is 5.13. The van der Waals surface area contributed by atoms with E-state index in [4.69, 9.17) is 6.42 Å². The van der Waals surface area contributed by atoms with Gasteiger partial charge in [-0.15, -0.1) is 12.3 Å². The third kappa shape index (κ3) is 2.78. The molecule has 4 heteroatoms. The Kier molecular flexibility index (Phi) is 3.81. The van der Waals surface area contributed by atoms with Crippen LogP contribution in [0.4, 0.5) is 8.78 Å². The Hall–Kier alpha value is -1.89. The van der Waals surface area contributed by atoms with Gasteiger partial charge < -0.3 is 4.74 Å². The Morgan fingerprint density at radius 2 is 2.00 bits per heavy atom. The monoisotopic (exact) mass is 210 g/mol. The van der Waals surface area contributed by atoms with Crippen LogP contribution in [0.2, 0.25) is 0 Å². The lowest BCUT2D eigenvalue weighted by Gasteiger charge is -2.04. The number of rotatable bonds is 3. The van der Waals surface area contributed by atoms with Crippen LogP contribution < -0.4 is 0 Å². The Morgan fingerprint density at radius 1 is 1.40 bits per heavy atom. The molecule has 0 saturated carbocycles. The van der Waals surface area contributed by atoms with E-state index in [1.54, 1.807) is 0 Å². The molecular weight excluding hydrogens is 202 g/mol. The van der Waals surface area contributed by atoms with Crippen LogP contribution in [0.5, 0.6) is 0 Å². The van der Waals surface area contributed by atoms with E-state index in [9.17, 15) is 13.6 Å². The smallest absolute Gasteiger partial charge is 0.344 e. The molecule has 0 aliphatic rings. The molecule has 0 unspecified atom stereocenters. The van der Waals surface area contributed by atoms with Crippen LogP contribution in [0.15, 0.2) is 18.2 Å². The van der Waals surface area contributed by atoms with Gasteiger partial charge in [0.2, 0.25) is 0 Å². The molecule has 0 spiro atoms. The van der Waals surface area contributed by atoms with Crippen molar-refractivity contribution >= 4 is 5.97 Å². The Balaban J connectivity index is 2.78. The average Bonchev–Trinajstić information content (AvgIpc) is 2.18. The minimum atomic E-state index is -1.04. The lowest BCUT2D eigenvalue weighted by molar-refractivity contribution is 0.0502. The first-order chi connectivity index (χ1) is 7.16. The van der Waals surface area contributed by atoms with E-state index < -0.39 is 23.2 Å². The molecule has 0 heterocycles. The summed E-state index contributed by atoms with van der Waals surface area (Å²) in [4.78, 5) is 11.2. The Bertz CT molecular complexity index is 387. The second kappa shape index (κ2) is 5.11. The molecule has 0 aliphatic carbocycles. The molecule has 0 aromatic heterocycles. The lowest BCUT2D eigenvalue weighted by Crippen LogP contribution is -2.10. The molecule has 78 valence electrons. The number of terminal acetylenes is 1. The summed E-state index contributed by atoms with van der Waals surface area (Å²) in [6, 6.07) is 3.14. The highest BCUT2D eigenvalue weighted by atomic mass is 19.1. The highest BCUT2D eigenvalue weighted by Gasteiger charge is 2.17. The molecular formula is C11H8F2O2. The molecule has 0 saturated heterocycles. The van der Waals surface area contributed by atoms with Crippen molar-refractivity contribution in [3.05, 3.63) is 35.4 Å². The molecule has 1 rings (SSSR count). The number of halogens is 2. The van der Waals surface area contributed by atoms with Crippen LogP contribution in [0.3, 0.4) is 0 Å². The van der Waals surface area contributed by atoms with Crippen molar-refractivity contribution in [2.75, 3.05) is 6.61 Å². The van der Waals surface area contributed by atoms with Gasteiger partial charge in [-0.25, -0.2) is 13.6 Å². The van der Waals surface area contributed by atoms with E-state index in [1.165, 1.54) is 6.07 Å². The van der Waals surface area contributed by atoms with Crippen LogP contribution in [0, 0.1) is 24.0 Å². The first kappa shape index (κ1) is 11.2. The van der Waals surface area contributed by atoms with E-state index in [0.29, 0.717) is 0 Å². The normalized spacial score (nSPS) is 9.40. The molecule has 0 aliphatic heterocycles. The predicted molar refractivity (Wildman–Crippen MR) is 50.1 cm³/mol. The molecule has 2 nitrogen and oxygen atoms in total. The standard InChI is InChI=1S/C11H8F2O2/c1-2-3-7-15-11(14)10-8(12)5-4-6-9(10)13/h1,4-6H,3,7H2. The molecule has 1 aromatic rings. The zero-order valence-corrected chi connectivity index (χ0v) is 7.80. The van der Waals surface area contributed by atoms with Crippen LogP contribution in [-0.2, 0) is 4.74 Å². The lowest BCUT2D eigenvalue weighted by atomic mass is 10.2. The number of carbonyl (C=O) groups excluding carboxylic acids is 1. The van der Waals surface area contributed by atoms with Crippen molar-refractivity contribution in [1.82, 2.24) is 0 Å². The number of carbonyl (C=O) groups is 1. The van der Waals surface area contributed by atoms with Gasteiger partial charge >= 0.3 is 5.97 Å². The van der Waals surface area contributed by atoms with E-state index in [-0.39, 0.29) is 13.0 Å². The minimum absolute atomic E-state index is 0.0525. The van der Waals surface area contributed by atoms with Crippen LogP contribution in [-0.4, -0.2) is 12.6 Å². The zero-order chi connectivity index (χ0) is 11.3. The summed E-state index contributed by atoms with van der Waals surface area (Å²) in [6.45, 7) is -0.0525. The minimum Gasteiger partial charge on any atom is -0.461 e. The molecule has 0 fully saturated rings. The van der Waals surface area contributed by atoms with Gasteiger partial charge in [0.25, 0.3) is 0 Å². The van der Waals surface area contributed by atoms with Crippen molar-refractivity contribution in [3.8, 4) is 12.3 Å². The Labute approximate surface area is 85.9 Å². The van der Waals surface area contributed by atoms with E-state index in [2.05, 4.69) is 10.7 Å². The van der Waals surface area contributed by atoms with Crippen LogP contribution in [0.25, 0.3) is 0 Å². The fraction of sp³-hybridized carbons (Fsp3) is 0.182. The molecule has 0 atom stereocenters. The largest absolute Gasteiger partial charge is 0.461 e. The van der Waals surface area contributed by atoms with Gasteiger partial charge in [0.05, 0.1) is 0 Å². The van der Waals surface area contributed by atoms with E-state index >= 15 is 0 Å². The SMILES string of the molecule is C#CCCOC(=O)c1c(F)cccc1F. The average molecular weight is 210 g/mol. The number of hydrogen-bond acceptors (Lipinski definition) is 2. The van der Waals surface area contributed by atoms with Gasteiger partial charge in [0.1, 0.15) is 23.8 Å². The van der Waals surface area contributed by atoms with E-state index in [1.807, 2.05) is 0 Å². The van der Waals surface area contributed by atoms with Gasteiger partial charge in [-0.3, -0.25) is 0 Å². The maximum atomic E-state index is 13.0.